The van der Waals surface area contributed by atoms with Crippen LogP contribution in [0.15, 0.2) is 170 Å². The van der Waals surface area contributed by atoms with Gasteiger partial charge in [0.15, 0.2) is 14.3 Å². The Balaban J connectivity index is 1.38. The molecule has 2 nitrogen and oxygen atoms in total. The summed E-state index contributed by atoms with van der Waals surface area (Å²) >= 11 is 0. The fourth-order valence-electron chi connectivity index (χ4n) is 5.81. The van der Waals surface area contributed by atoms with Crippen LogP contribution in [0, 0.1) is 0 Å². The lowest BCUT2D eigenvalue weighted by Crippen LogP contribution is -2.25. The summed E-state index contributed by atoms with van der Waals surface area (Å²) in [7, 11) is -6.15. The second-order valence-corrected chi connectivity index (χ2v) is 16.0. The van der Waals surface area contributed by atoms with Gasteiger partial charge in [-0.1, -0.05) is 146 Å². The third kappa shape index (κ3) is 4.45. The molecule has 0 bridgehead atoms. The molecule has 0 N–H and O–H groups in total. The van der Waals surface area contributed by atoms with Crippen molar-refractivity contribution in [3.8, 4) is 0 Å². The lowest BCUT2D eigenvalue weighted by Gasteiger charge is -2.21. The second-order valence-electron chi connectivity index (χ2n) is 10.5. The monoisotopic (exact) mass is 578 g/mol. The molecule has 0 saturated heterocycles. The summed E-state index contributed by atoms with van der Waals surface area (Å²) < 4.78 is 29.8. The van der Waals surface area contributed by atoms with E-state index in [1.807, 2.05) is 133 Å². The first-order valence-corrected chi connectivity index (χ1v) is 17.4. The first-order valence-electron chi connectivity index (χ1n) is 14.0. The number of hydrogen-bond acceptors (Lipinski definition) is 2. The maximum absolute atomic E-state index is 14.9. The summed E-state index contributed by atoms with van der Waals surface area (Å²) in [5.74, 6) is 0. The molecular formula is C38H28O2P2. The van der Waals surface area contributed by atoms with E-state index in [2.05, 4.69) is 36.4 Å². The van der Waals surface area contributed by atoms with Crippen LogP contribution in [0.4, 0.5) is 0 Å². The predicted octanol–water partition coefficient (Wildman–Crippen LogP) is 7.27. The lowest BCUT2D eigenvalue weighted by molar-refractivity contribution is 0.591. The summed E-state index contributed by atoms with van der Waals surface area (Å²) in [6.07, 6.45) is 0. The Labute approximate surface area is 246 Å². The highest BCUT2D eigenvalue weighted by molar-refractivity contribution is 7.85. The van der Waals surface area contributed by atoms with Gasteiger partial charge in [0, 0.05) is 31.8 Å². The predicted molar refractivity (Wildman–Crippen MR) is 180 cm³/mol. The minimum absolute atomic E-state index is 0.807. The molecule has 7 aromatic rings. The number of hydrogen-bond donors (Lipinski definition) is 0. The molecular weight excluding hydrogens is 550 g/mol. The van der Waals surface area contributed by atoms with Gasteiger partial charge in [0.1, 0.15) is 0 Å². The zero-order chi connectivity index (χ0) is 28.6. The fourth-order valence-corrected chi connectivity index (χ4v) is 11.2. The maximum Gasteiger partial charge on any atom is 0.171 e. The molecule has 0 saturated carbocycles. The summed E-state index contributed by atoms with van der Waals surface area (Å²) in [6, 6.07) is 55.6. The zero-order valence-electron chi connectivity index (χ0n) is 22.9. The zero-order valence-corrected chi connectivity index (χ0v) is 24.7. The SMILES string of the molecule is O=P(c1ccccc1)(c1ccccc1)c1ccc2cc3cc(P(=O)(c4ccccc4)c4ccccc4)ccc3cc2c1. The summed E-state index contributed by atoms with van der Waals surface area (Å²) in [5.41, 5.74) is 0. The molecule has 0 fully saturated rings. The Hall–Kier alpha value is -4.48. The average molecular weight is 579 g/mol. The highest BCUT2D eigenvalue weighted by atomic mass is 31.2. The fraction of sp³-hybridized carbons (Fsp3) is 0. The normalized spacial score (nSPS) is 12.0. The Morgan fingerprint density at radius 2 is 0.548 bits per heavy atom. The lowest BCUT2D eigenvalue weighted by atomic mass is 10.0. The molecule has 0 aliphatic carbocycles. The number of fused-ring (bicyclic) bond motifs is 2. The molecule has 0 heterocycles. The van der Waals surface area contributed by atoms with E-state index in [1.165, 1.54) is 0 Å². The molecule has 0 spiro atoms. The van der Waals surface area contributed by atoms with Crippen molar-refractivity contribution in [2.24, 2.45) is 0 Å². The average Bonchev–Trinajstić information content (AvgIpc) is 3.07. The first-order chi connectivity index (χ1) is 20.6. The summed E-state index contributed by atoms with van der Waals surface area (Å²) in [4.78, 5) is 0. The highest BCUT2D eigenvalue weighted by Crippen LogP contribution is 2.44. The molecule has 0 aromatic heterocycles. The van der Waals surface area contributed by atoms with Gasteiger partial charge in [0.2, 0.25) is 0 Å². The van der Waals surface area contributed by atoms with E-state index >= 15 is 0 Å². The molecule has 0 radical (unpaired) electrons. The van der Waals surface area contributed by atoms with Gasteiger partial charge in [0.05, 0.1) is 0 Å². The minimum atomic E-state index is -3.08. The number of benzene rings is 7. The van der Waals surface area contributed by atoms with Crippen LogP contribution in [0.1, 0.15) is 0 Å². The molecule has 4 heteroatoms. The molecule has 0 unspecified atom stereocenters. The van der Waals surface area contributed by atoms with E-state index in [0.717, 1.165) is 53.4 Å². The molecule has 202 valence electrons. The van der Waals surface area contributed by atoms with Crippen LogP contribution in [0.5, 0.6) is 0 Å². The van der Waals surface area contributed by atoms with Crippen molar-refractivity contribution in [1.82, 2.24) is 0 Å². The van der Waals surface area contributed by atoms with Crippen molar-refractivity contribution in [3.63, 3.8) is 0 Å². The van der Waals surface area contributed by atoms with Crippen LogP contribution < -0.4 is 31.8 Å². The quantitative estimate of drug-likeness (QED) is 0.154. The topological polar surface area (TPSA) is 34.1 Å². The Kier molecular flexibility index (Phi) is 6.75. The molecule has 7 aromatic carbocycles. The van der Waals surface area contributed by atoms with Crippen molar-refractivity contribution in [2.75, 3.05) is 0 Å². The van der Waals surface area contributed by atoms with Gasteiger partial charge in [-0.25, -0.2) is 0 Å². The Morgan fingerprint density at radius 3 is 0.833 bits per heavy atom. The number of rotatable bonds is 6. The molecule has 7 rings (SSSR count). The third-order valence-electron chi connectivity index (χ3n) is 7.97. The van der Waals surface area contributed by atoms with E-state index < -0.39 is 14.3 Å². The first kappa shape index (κ1) is 26.4. The minimum Gasteiger partial charge on any atom is -0.309 e. The standard InChI is InChI=1S/C38H28O2P2/c39-41(33-13-5-1-6-14-33,34-15-7-2-8-16-34)37-23-21-29-26-32-28-38(24-22-30(32)25-31(29)27-37)42(40,35-17-9-3-10-18-35)36-19-11-4-12-20-36/h1-28H. The highest BCUT2D eigenvalue weighted by Gasteiger charge is 2.31. The molecule has 0 aliphatic heterocycles. The van der Waals surface area contributed by atoms with E-state index in [4.69, 9.17) is 0 Å². The Morgan fingerprint density at radius 1 is 0.262 bits per heavy atom. The van der Waals surface area contributed by atoms with Crippen molar-refractivity contribution in [3.05, 3.63) is 170 Å². The van der Waals surface area contributed by atoms with E-state index in [1.54, 1.807) is 0 Å². The van der Waals surface area contributed by atoms with Crippen LogP contribution in [-0.2, 0) is 9.13 Å². The van der Waals surface area contributed by atoms with Gasteiger partial charge in [-0.2, -0.15) is 0 Å². The van der Waals surface area contributed by atoms with Crippen LogP contribution in [0.2, 0.25) is 0 Å². The van der Waals surface area contributed by atoms with Crippen molar-refractivity contribution in [2.45, 2.75) is 0 Å². The maximum atomic E-state index is 14.9. The van der Waals surface area contributed by atoms with Crippen LogP contribution in [0.25, 0.3) is 21.5 Å². The van der Waals surface area contributed by atoms with Gasteiger partial charge in [0.25, 0.3) is 0 Å². The summed E-state index contributed by atoms with van der Waals surface area (Å²) in [5, 5.41) is 9.02. The molecule has 0 amide bonds. The van der Waals surface area contributed by atoms with Gasteiger partial charge in [-0.05, 0) is 45.8 Å². The van der Waals surface area contributed by atoms with Crippen LogP contribution >= 0.6 is 14.3 Å². The molecule has 0 aliphatic rings. The smallest absolute Gasteiger partial charge is 0.171 e. The molecule has 42 heavy (non-hydrogen) atoms. The van der Waals surface area contributed by atoms with Crippen LogP contribution in [0.3, 0.4) is 0 Å². The van der Waals surface area contributed by atoms with Gasteiger partial charge < -0.3 is 9.13 Å². The van der Waals surface area contributed by atoms with E-state index in [0.29, 0.717) is 0 Å². The third-order valence-corrected chi connectivity index (χ3v) is 14.1. The van der Waals surface area contributed by atoms with Gasteiger partial charge >= 0.3 is 0 Å². The Bertz CT molecular complexity index is 1880. The van der Waals surface area contributed by atoms with Crippen molar-refractivity contribution >= 4 is 67.7 Å². The van der Waals surface area contributed by atoms with Gasteiger partial charge in [-0.3, -0.25) is 0 Å². The van der Waals surface area contributed by atoms with Gasteiger partial charge in [-0.15, -0.1) is 0 Å². The van der Waals surface area contributed by atoms with Crippen molar-refractivity contribution in [1.29, 1.82) is 0 Å². The molecule has 0 atom stereocenters. The van der Waals surface area contributed by atoms with Crippen molar-refractivity contribution < 1.29 is 9.13 Å². The summed E-state index contributed by atoms with van der Waals surface area (Å²) in [6.45, 7) is 0. The largest absolute Gasteiger partial charge is 0.309 e. The van der Waals surface area contributed by atoms with E-state index in [-0.39, 0.29) is 0 Å². The van der Waals surface area contributed by atoms with Crippen LogP contribution in [-0.4, -0.2) is 0 Å². The van der Waals surface area contributed by atoms with E-state index in [9.17, 15) is 9.13 Å². The second kappa shape index (κ2) is 10.7.